The van der Waals surface area contributed by atoms with Gasteiger partial charge in [0.2, 0.25) is 0 Å². The Balaban J connectivity index is 0.0000000939. The summed E-state index contributed by atoms with van der Waals surface area (Å²) in [5.74, 6) is 6.26. The lowest BCUT2D eigenvalue weighted by Gasteiger charge is -2.21. The smallest absolute Gasteiger partial charge is 0.173 e. The highest BCUT2D eigenvalue weighted by molar-refractivity contribution is 8.05. The molecule has 7 heterocycles. The first-order valence-corrected chi connectivity index (χ1v) is 42.1. The van der Waals surface area contributed by atoms with Crippen LogP contribution in [0.4, 0.5) is 0 Å². The average molecular weight is 1580 g/mol. The number of aromatic nitrogens is 3. The summed E-state index contributed by atoms with van der Waals surface area (Å²) in [6, 6.07) is 127. The largest absolute Gasteiger partial charge is 0.450 e. The van der Waals surface area contributed by atoms with Crippen molar-refractivity contribution in [3.8, 4) is 57.1 Å². The molecule has 564 valence electrons. The van der Waals surface area contributed by atoms with Crippen molar-refractivity contribution in [3.05, 3.63) is 386 Å². The Morgan fingerprint density at radius 2 is 0.655 bits per heavy atom. The van der Waals surface area contributed by atoms with Gasteiger partial charge in [-0.3, -0.25) is 0 Å². The monoisotopic (exact) mass is 1580 g/mol. The van der Waals surface area contributed by atoms with Crippen LogP contribution in [0.5, 0.6) is 46.0 Å². The van der Waals surface area contributed by atoms with Crippen molar-refractivity contribution in [1.29, 1.82) is 0 Å². The maximum Gasteiger partial charge on any atom is 0.173 e. The molecule has 7 nitrogen and oxygen atoms in total. The van der Waals surface area contributed by atoms with Crippen LogP contribution in [0.1, 0.15) is 22.3 Å². The normalized spacial score (nSPS) is 12.1. The van der Waals surface area contributed by atoms with Gasteiger partial charge in [0.05, 0.1) is 5.52 Å². The number of hydrogen-bond acceptors (Lipinski definition) is 8. The van der Waals surface area contributed by atoms with Gasteiger partial charge in [-0.05, 0) is 192 Å². The molecule has 17 aromatic carbocycles. The fraction of sp³-hybridized carbons (Fsp3) is 0.0667. The number of rotatable bonds is 1. The zero-order chi connectivity index (χ0) is 78.8. The van der Waals surface area contributed by atoms with Gasteiger partial charge >= 0.3 is 0 Å². The minimum Gasteiger partial charge on any atom is -0.450 e. The van der Waals surface area contributed by atoms with Crippen LogP contribution < -0.4 is 18.9 Å². The van der Waals surface area contributed by atoms with Gasteiger partial charge in [-0.2, -0.15) is 0 Å². The van der Waals surface area contributed by atoms with Crippen molar-refractivity contribution in [2.75, 3.05) is 0 Å². The molecule has 4 aliphatic rings. The number of nitrogens with zero attached hydrogens (tertiary/aromatic N) is 3. The molecule has 20 aromatic rings. The first-order valence-electron chi connectivity index (χ1n) is 38.8. The molecule has 4 aliphatic heterocycles. The molecule has 0 amide bonds. The van der Waals surface area contributed by atoms with Crippen LogP contribution in [-0.4, -0.2) is 13.7 Å². The molecular formula is C105H81N3O4S4. The number of para-hydroxylation sites is 8. The molecule has 0 aliphatic carbocycles. The van der Waals surface area contributed by atoms with E-state index in [9.17, 15) is 0 Å². The van der Waals surface area contributed by atoms with Gasteiger partial charge in [-0.1, -0.05) is 296 Å². The van der Waals surface area contributed by atoms with Crippen LogP contribution in [0.15, 0.2) is 403 Å². The van der Waals surface area contributed by atoms with Gasteiger partial charge in [0, 0.05) is 126 Å². The van der Waals surface area contributed by atoms with Crippen LogP contribution in [0, 0.1) is 27.7 Å². The summed E-state index contributed by atoms with van der Waals surface area (Å²) in [4.78, 5) is 11.1. The minimum absolute atomic E-state index is 0.772. The molecule has 0 spiro atoms. The first kappa shape index (κ1) is 74.7. The summed E-state index contributed by atoms with van der Waals surface area (Å²) in [6.07, 6.45) is 0. The molecular weight excluding hydrogens is 1500 g/mol. The van der Waals surface area contributed by atoms with E-state index in [0.717, 1.165) is 57.1 Å². The quantitative estimate of drug-likeness (QED) is 0.161. The summed E-state index contributed by atoms with van der Waals surface area (Å²) in [6.45, 7) is 8.37. The lowest BCUT2D eigenvalue weighted by Crippen LogP contribution is -1.99. The second-order valence-electron chi connectivity index (χ2n) is 29.0. The fourth-order valence-corrected chi connectivity index (χ4v) is 20.3. The van der Waals surface area contributed by atoms with Crippen LogP contribution in [-0.2, 0) is 21.1 Å². The van der Waals surface area contributed by atoms with Gasteiger partial charge in [-0.25, -0.2) is 0 Å². The Hall–Kier alpha value is -12.7. The van der Waals surface area contributed by atoms with E-state index >= 15 is 0 Å². The molecule has 0 saturated carbocycles. The van der Waals surface area contributed by atoms with Gasteiger partial charge < -0.3 is 32.6 Å². The molecule has 0 saturated heterocycles. The number of benzene rings is 17. The minimum atomic E-state index is 0.772. The molecule has 0 bridgehead atoms. The highest BCUT2D eigenvalue weighted by atomic mass is 32.2. The van der Waals surface area contributed by atoms with E-state index in [2.05, 4.69) is 328 Å². The van der Waals surface area contributed by atoms with Crippen LogP contribution in [0.25, 0.3) is 98.1 Å². The highest BCUT2D eigenvalue weighted by Gasteiger charge is 2.23. The molecule has 0 radical (unpaired) electrons. The van der Waals surface area contributed by atoms with E-state index in [1.807, 2.05) is 146 Å². The Morgan fingerprint density at radius 3 is 1.33 bits per heavy atom. The summed E-state index contributed by atoms with van der Waals surface area (Å²) in [5.41, 5.74) is 15.3. The Bertz CT molecular complexity index is 6880. The van der Waals surface area contributed by atoms with Crippen molar-refractivity contribution in [2.45, 2.75) is 66.9 Å². The van der Waals surface area contributed by atoms with Crippen molar-refractivity contribution in [1.82, 2.24) is 13.7 Å². The summed E-state index contributed by atoms with van der Waals surface area (Å²) >= 11 is 7.51. The van der Waals surface area contributed by atoms with E-state index in [0.29, 0.717) is 0 Å². The number of fused-ring (bicyclic) bond motifs is 21. The number of hydrogen-bond donors (Lipinski definition) is 0. The lowest BCUT2D eigenvalue weighted by atomic mass is 10.00. The molecule has 0 unspecified atom stereocenters. The third kappa shape index (κ3) is 15.0. The van der Waals surface area contributed by atoms with Crippen molar-refractivity contribution in [2.24, 2.45) is 21.1 Å². The predicted molar refractivity (Wildman–Crippen MR) is 489 cm³/mol. The average Bonchev–Trinajstić information content (AvgIpc) is 1.60. The maximum absolute atomic E-state index is 5.78. The predicted octanol–water partition coefficient (Wildman–Crippen LogP) is 31.0. The summed E-state index contributed by atoms with van der Waals surface area (Å²) in [7, 11) is 6.43. The van der Waals surface area contributed by atoms with E-state index in [1.54, 1.807) is 0 Å². The van der Waals surface area contributed by atoms with Crippen molar-refractivity contribution in [3.63, 3.8) is 0 Å². The molecule has 0 fully saturated rings. The highest BCUT2D eigenvalue weighted by Crippen LogP contribution is 2.52. The topological polar surface area (TPSA) is 51.7 Å². The van der Waals surface area contributed by atoms with Crippen LogP contribution >= 0.6 is 47.0 Å². The Kier molecular flexibility index (Phi) is 21.2. The van der Waals surface area contributed by atoms with Crippen LogP contribution in [0.3, 0.4) is 0 Å². The van der Waals surface area contributed by atoms with E-state index in [4.69, 9.17) is 18.9 Å². The van der Waals surface area contributed by atoms with Gasteiger partial charge in [0.15, 0.2) is 46.0 Å². The maximum atomic E-state index is 5.78. The molecule has 0 atom stereocenters. The zero-order valence-electron chi connectivity index (χ0n) is 65.2. The Labute approximate surface area is 692 Å². The molecule has 0 N–H and O–H groups in total. The van der Waals surface area contributed by atoms with Gasteiger partial charge in [0.25, 0.3) is 0 Å². The zero-order valence-corrected chi connectivity index (χ0v) is 68.5. The summed E-state index contributed by atoms with van der Waals surface area (Å²) < 4.78 is 29.8. The standard InChI is InChI=1S/C19H15N.2C17H13N.2C13H10O2.2C13H10S2/c1-20-17-12-6-5-10-16(17)19-15(11-7-13-18(19)20)14-8-3-2-4-9-14;1-18-16-9-5-4-8-14(16)15-11-10-12-6-2-3-7-13(12)17(15)18;1-18-15-9-5-4-8-14(15)17-13-7-3-2-6-12(13)10-11-16(17)18;1-9-5-4-8-12-13(9)15-11-7-3-2-6-10(11)14-12;1-9-6-7-12-13(8-9)15-11-5-3-2-4-10(11)14-12;1-9-5-4-8-12-13(9)15-11-7-3-2-6-10(11)14-12;1-9-6-7-12-13(8-9)15-11-5-3-2-4-10(11)14-12/h2-13H,1H3;2*2-11H,1H3;4*2-8H,1H3. The number of ether oxygens (including phenoxy) is 4. The van der Waals surface area contributed by atoms with Crippen LogP contribution in [0.2, 0.25) is 0 Å². The first-order chi connectivity index (χ1) is 56.9. The SMILES string of the molecule is Cc1ccc2c(c1)Oc1ccccc1O2.Cc1ccc2c(c1)Sc1ccccc1S2.Cc1cccc2c1Oc1ccccc1O2.Cc1cccc2c1Sc1ccccc1S2.Cn1c2ccccc2c2c(-c3ccccc3)cccc21.Cn1c2ccccc2c2c3ccccc3ccc21.Cn1c2ccccc2c2ccc3ccccc3c21. The van der Waals surface area contributed by atoms with E-state index < -0.39 is 0 Å². The second-order valence-corrected chi connectivity index (χ2v) is 33.3. The third-order valence-electron chi connectivity index (χ3n) is 21.3. The molecule has 11 heteroatoms. The van der Waals surface area contributed by atoms with Gasteiger partial charge in [-0.15, -0.1) is 0 Å². The van der Waals surface area contributed by atoms with Gasteiger partial charge in [0.1, 0.15) is 0 Å². The Morgan fingerprint density at radius 1 is 0.233 bits per heavy atom. The van der Waals surface area contributed by atoms with Crippen molar-refractivity contribution < 1.29 is 18.9 Å². The van der Waals surface area contributed by atoms with Crippen molar-refractivity contribution >= 4 is 134 Å². The summed E-state index contributed by atoms with van der Waals surface area (Å²) in [5, 5.41) is 13.3. The fourth-order valence-electron chi connectivity index (χ4n) is 15.6. The van der Waals surface area contributed by atoms with E-state index in [1.165, 1.54) is 148 Å². The molecule has 116 heavy (non-hydrogen) atoms. The lowest BCUT2D eigenvalue weighted by molar-refractivity contribution is 0.357. The second kappa shape index (κ2) is 33.0. The number of aryl methyl sites for hydroxylation is 7. The molecule has 24 rings (SSSR count). The van der Waals surface area contributed by atoms with E-state index in [-0.39, 0.29) is 0 Å². The molecule has 3 aromatic heterocycles. The third-order valence-corrected chi connectivity index (χ3v) is 26.6.